The van der Waals surface area contributed by atoms with Crippen molar-refractivity contribution in [2.45, 2.75) is 26.2 Å². The fraction of sp³-hybridized carbons (Fsp3) is 0.400. The van der Waals surface area contributed by atoms with E-state index in [1.807, 2.05) is 50.7 Å². The Labute approximate surface area is 215 Å². The first-order valence-corrected chi connectivity index (χ1v) is 12.5. The average molecular weight is 502 g/mol. The number of aromatic nitrogens is 8. The van der Waals surface area contributed by atoms with E-state index in [2.05, 4.69) is 65.1 Å². The molecule has 1 fully saturated rings. The van der Waals surface area contributed by atoms with Crippen LogP contribution < -0.4 is 0 Å². The highest BCUT2D eigenvalue weighted by Gasteiger charge is 2.20. The number of rotatable bonds is 9. The molecule has 3 heterocycles. The molecule has 37 heavy (non-hydrogen) atoms. The van der Waals surface area contributed by atoms with Crippen molar-refractivity contribution in [1.29, 1.82) is 0 Å². The monoisotopic (exact) mass is 501 g/mol. The second kappa shape index (κ2) is 12.3. The van der Waals surface area contributed by atoms with Gasteiger partial charge in [-0.2, -0.15) is 0 Å². The SMILES string of the molecule is O=CN1CCN(Cc2nnnn2Cc2ccccc2)CCN(Cc2nnnn2Cc2ccccc2)CC1. The molecule has 12 nitrogen and oxygen atoms in total. The lowest BCUT2D eigenvalue weighted by molar-refractivity contribution is -0.118. The molecule has 1 saturated heterocycles. The molecule has 2 aromatic heterocycles. The van der Waals surface area contributed by atoms with E-state index in [0.29, 0.717) is 39.3 Å². The van der Waals surface area contributed by atoms with Crippen LogP contribution in [-0.2, 0) is 31.0 Å². The maximum absolute atomic E-state index is 11.7. The fourth-order valence-electron chi connectivity index (χ4n) is 4.41. The van der Waals surface area contributed by atoms with Crippen molar-refractivity contribution < 1.29 is 4.79 Å². The number of carbonyl (C=O) groups excluding carboxylic acids is 1. The van der Waals surface area contributed by atoms with E-state index in [4.69, 9.17) is 0 Å². The largest absolute Gasteiger partial charge is 0.343 e. The third-order valence-electron chi connectivity index (χ3n) is 6.58. The van der Waals surface area contributed by atoms with Crippen molar-refractivity contribution in [2.24, 2.45) is 0 Å². The van der Waals surface area contributed by atoms with Gasteiger partial charge in [0.1, 0.15) is 0 Å². The minimum absolute atomic E-state index is 0.603. The van der Waals surface area contributed by atoms with Crippen LogP contribution in [0.25, 0.3) is 0 Å². The number of carbonyl (C=O) groups is 1. The molecule has 0 atom stereocenters. The number of amides is 1. The zero-order valence-electron chi connectivity index (χ0n) is 20.7. The summed E-state index contributed by atoms with van der Waals surface area (Å²) in [5, 5.41) is 24.8. The molecule has 0 unspecified atom stereocenters. The van der Waals surface area contributed by atoms with Crippen LogP contribution in [0.1, 0.15) is 22.8 Å². The van der Waals surface area contributed by atoms with Crippen LogP contribution in [0.5, 0.6) is 0 Å². The first-order valence-electron chi connectivity index (χ1n) is 12.5. The molecule has 0 radical (unpaired) electrons. The second-order valence-electron chi connectivity index (χ2n) is 9.17. The predicted molar refractivity (Wildman–Crippen MR) is 135 cm³/mol. The van der Waals surface area contributed by atoms with E-state index >= 15 is 0 Å². The fourth-order valence-corrected chi connectivity index (χ4v) is 4.41. The lowest BCUT2D eigenvalue weighted by Crippen LogP contribution is -2.36. The lowest BCUT2D eigenvalue weighted by atomic mass is 10.2. The number of tetrazole rings is 2. The van der Waals surface area contributed by atoms with Crippen molar-refractivity contribution in [1.82, 2.24) is 55.1 Å². The van der Waals surface area contributed by atoms with Gasteiger partial charge in [0.05, 0.1) is 26.2 Å². The van der Waals surface area contributed by atoms with Gasteiger partial charge in [-0.1, -0.05) is 60.7 Å². The highest BCUT2D eigenvalue weighted by Crippen LogP contribution is 2.10. The molecule has 1 amide bonds. The van der Waals surface area contributed by atoms with Gasteiger partial charge < -0.3 is 4.90 Å². The Balaban J connectivity index is 1.25. The van der Waals surface area contributed by atoms with Gasteiger partial charge in [-0.05, 0) is 32.0 Å². The van der Waals surface area contributed by atoms with Gasteiger partial charge in [0.15, 0.2) is 11.6 Å². The Kier molecular flexibility index (Phi) is 8.18. The first-order chi connectivity index (χ1) is 18.3. The van der Waals surface area contributed by atoms with E-state index < -0.39 is 0 Å². The molecule has 0 saturated carbocycles. The summed E-state index contributed by atoms with van der Waals surface area (Å²) in [5.74, 6) is 1.61. The van der Waals surface area contributed by atoms with Crippen molar-refractivity contribution in [2.75, 3.05) is 39.3 Å². The van der Waals surface area contributed by atoms with E-state index in [1.165, 1.54) is 0 Å². The second-order valence-corrected chi connectivity index (χ2v) is 9.17. The number of nitrogens with zero attached hydrogens (tertiary/aromatic N) is 11. The molecule has 0 spiro atoms. The zero-order valence-corrected chi connectivity index (χ0v) is 20.7. The maximum atomic E-state index is 11.7. The number of hydrogen-bond acceptors (Lipinski definition) is 9. The van der Waals surface area contributed by atoms with E-state index in [0.717, 1.165) is 55.4 Å². The summed E-state index contributed by atoms with van der Waals surface area (Å²) in [6.07, 6.45) is 0.931. The quantitative estimate of drug-likeness (QED) is 0.303. The van der Waals surface area contributed by atoms with Crippen LogP contribution in [-0.4, -0.2) is 101 Å². The van der Waals surface area contributed by atoms with Gasteiger partial charge in [-0.25, -0.2) is 9.36 Å². The lowest BCUT2D eigenvalue weighted by Gasteiger charge is -2.25. The van der Waals surface area contributed by atoms with E-state index in [1.54, 1.807) is 0 Å². The third-order valence-corrected chi connectivity index (χ3v) is 6.58. The molecular weight excluding hydrogens is 470 g/mol. The Morgan fingerprint density at radius 1 is 0.595 bits per heavy atom. The Morgan fingerprint density at radius 2 is 1.03 bits per heavy atom. The van der Waals surface area contributed by atoms with Crippen LogP contribution in [0.2, 0.25) is 0 Å². The molecular formula is C25H31N11O. The summed E-state index contributed by atoms with van der Waals surface area (Å²) in [6.45, 7) is 6.87. The third kappa shape index (κ3) is 6.80. The minimum atomic E-state index is 0.603. The highest BCUT2D eigenvalue weighted by molar-refractivity contribution is 5.46. The smallest absolute Gasteiger partial charge is 0.209 e. The normalized spacial score (nSPS) is 15.7. The maximum Gasteiger partial charge on any atom is 0.209 e. The van der Waals surface area contributed by atoms with Gasteiger partial charge in [-0.15, -0.1) is 10.2 Å². The molecule has 4 aromatic rings. The van der Waals surface area contributed by atoms with Gasteiger partial charge >= 0.3 is 0 Å². The van der Waals surface area contributed by atoms with Gasteiger partial charge in [0.25, 0.3) is 0 Å². The summed E-state index contributed by atoms with van der Waals surface area (Å²) in [4.78, 5) is 18.1. The number of benzene rings is 2. The topological polar surface area (TPSA) is 114 Å². The highest BCUT2D eigenvalue weighted by atomic mass is 16.1. The molecule has 12 heteroatoms. The summed E-state index contributed by atoms with van der Waals surface area (Å²) in [5.41, 5.74) is 2.29. The molecule has 5 rings (SSSR count). The van der Waals surface area contributed by atoms with Crippen molar-refractivity contribution >= 4 is 6.41 Å². The molecule has 0 bridgehead atoms. The molecule has 0 aliphatic carbocycles. The average Bonchev–Trinajstić information content (AvgIpc) is 3.58. The minimum Gasteiger partial charge on any atom is -0.343 e. The molecule has 1 aliphatic rings. The van der Waals surface area contributed by atoms with Gasteiger partial charge in [0.2, 0.25) is 6.41 Å². The summed E-state index contributed by atoms with van der Waals surface area (Å²) in [7, 11) is 0. The van der Waals surface area contributed by atoms with Crippen LogP contribution >= 0.6 is 0 Å². The molecule has 192 valence electrons. The predicted octanol–water partition coefficient (Wildman–Crippen LogP) is 0.532. The van der Waals surface area contributed by atoms with Crippen molar-refractivity contribution in [3.05, 3.63) is 83.4 Å². The van der Waals surface area contributed by atoms with Crippen LogP contribution in [0, 0.1) is 0 Å². The van der Waals surface area contributed by atoms with E-state index in [9.17, 15) is 4.79 Å². The van der Waals surface area contributed by atoms with Crippen molar-refractivity contribution in [3.63, 3.8) is 0 Å². The molecule has 1 aliphatic heterocycles. The summed E-state index contributed by atoms with van der Waals surface area (Å²) in [6, 6.07) is 20.3. The van der Waals surface area contributed by atoms with Crippen LogP contribution in [0.3, 0.4) is 0 Å². The summed E-state index contributed by atoms with van der Waals surface area (Å²) < 4.78 is 3.68. The first kappa shape index (κ1) is 24.7. The molecule has 2 aromatic carbocycles. The van der Waals surface area contributed by atoms with Gasteiger partial charge in [-0.3, -0.25) is 14.6 Å². The van der Waals surface area contributed by atoms with Crippen LogP contribution in [0.4, 0.5) is 0 Å². The Hall–Kier alpha value is -4.03. The van der Waals surface area contributed by atoms with Gasteiger partial charge in [0, 0.05) is 39.3 Å². The summed E-state index contributed by atoms with van der Waals surface area (Å²) >= 11 is 0. The Morgan fingerprint density at radius 3 is 1.46 bits per heavy atom. The van der Waals surface area contributed by atoms with Crippen LogP contribution in [0.15, 0.2) is 60.7 Å². The van der Waals surface area contributed by atoms with Crippen molar-refractivity contribution in [3.8, 4) is 0 Å². The zero-order chi connectivity index (χ0) is 25.3. The number of hydrogen-bond donors (Lipinski definition) is 0. The Bertz CT molecular complexity index is 1150. The van der Waals surface area contributed by atoms with E-state index in [-0.39, 0.29) is 0 Å². The standard InChI is InChI=1S/C25H31N11O/c37-21-34-15-13-32(19-24-26-28-30-35(24)17-22-7-3-1-4-8-22)11-12-33(14-16-34)20-25-27-29-31-36(25)18-23-9-5-2-6-10-23/h1-10,21H,11-20H2. The molecule has 0 N–H and O–H groups in total.